The first-order chi connectivity index (χ1) is 4.72. The highest BCUT2D eigenvalue weighted by Crippen LogP contribution is 2.17. The van der Waals surface area contributed by atoms with Crippen molar-refractivity contribution in [2.24, 2.45) is 17.6 Å². The van der Waals surface area contributed by atoms with Gasteiger partial charge < -0.3 is 11.1 Å². The van der Waals surface area contributed by atoms with E-state index in [-0.39, 0.29) is 11.8 Å². The minimum absolute atomic E-state index is 0.0984. The second-order valence-corrected chi connectivity index (χ2v) is 2.98. The average Bonchev–Trinajstić information content (AvgIpc) is 1.88. The van der Waals surface area contributed by atoms with Gasteiger partial charge in [-0.05, 0) is 25.4 Å². The molecule has 1 aliphatic rings. The Morgan fingerprint density at radius 3 is 2.80 bits per heavy atom. The standard InChI is InChI=1S/C7H14N2O/c1-5-4-9-3-2-6(5)7(8)10/h5-6,9H,2-4H2,1H3,(H2,8,10)/t5-,6+/m0/s1. The number of nitrogens with one attached hydrogen (secondary N) is 1. The first-order valence-electron chi connectivity index (χ1n) is 3.72. The highest BCUT2D eigenvalue weighted by molar-refractivity contribution is 5.77. The molecule has 0 aliphatic carbocycles. The van der Waals surface area contributed by atoms with E-state index in [2.05, 4.69) is 12.2 Å². The van der Waals surface area contributed by atoms with Crippen LogP contribution in [0.2, 0.25) is 0 Å². The highest BCUT2D eigenvalue weighted by atomic mass is 16.1. The second-order valence-electron chi connectivity index (χ2n) is 2.98. The normalized spacial score (nSPS) is 33.7. The van der Waals surface area contributed by atoms with Crippen molar-refractivity contribution in [2.45, 2.75) is 13.3 Å². The SMILES string of the molecule is C[C@H]1CNCC[C@H]1C(N)=O. The van der Waals surface area contributed by atoms with Crippen LogP contribution in [0.1, 0.15) is 13.3 Å². The van der Waals surface area contributed by atoms with Gasteiger partial charge in [-0.25, -0.2) is 0 Å². The van der Waals surface area contributed by atoms with E-state index in [0.717, 1.165) is 19.5 Å². The molecule has 1 aliphatic heterocycles. The van der Waals surface area contributed by atoms with Crippen molar-refractivity contribution in [3.8, 4) is 0 Å². The number of rotatable bonds is 1. The van der Waals surface area contributed by atoms with Crippen LogP contribution in [0.3, 0.4) is 0 Å². The molecule has 1 amide bonds. The van der Waals surface area contributed by atoms with Gasteiger partial charge in [0.05, 0.1) is 0 Å². The molecule has 0 aromatic carbocycles. The number of amides is 1. The van der Waals surface area contributed by atoms with Crippen LogP contribution in [-0.4, -0.2) is 19.0 Å². The molecule has 10 heavy (non-hydrogen) atoms. The lowest BCUT2D eigenvalue weighted by molar-refractivity contribution is -0.123. The molecule has 1 heterocycles. The van der Waals surface area contributed by atoms with E-state index in [1.807, 2.05) is 0 Å². The van der Waals surface area contributed by atoms with E-state index in [1.165, 1.54) is 0 Å². The lowest BCUT2D eigenvalue weighted by Crippen LogP contribution is -2.41. The number of hydrogen-bond donors (Lipinski definition) is 2. The molecule has 0 radical (unpaired) electrons. The summed E-state index contributed by atoms with van der Waals surface area (Å²) in [4.78, 5) is 10.8. The summed E-state index contributed by atoms with van der Waals surface area (Å²) in [7, 11) is 0. The number of piperidine rings is 1. The maximum absolute atomic E-state index is 10.8. The molecule has 1 rings (SSSR count). The Hall–Kier alpha value is -0.570. The van der Waals surface area contributed by atoms with E-state index in [0.29, 0.717) is 5.92 Å². The molecule has 1 fully saturated rings. The van der Waals surface area contributed by atoms with E-state index < -0.39 is 0 Å². The van der Waals surface area contributed by atoms with Gasteiger partial charge in [-0.15, -0.1) is 0 Å². The second kappa shape index (κ2) is 3.01. The summed E-state index contributed by atoms with van der Waals surface area (Å²) in [5.41, 5.74) is 5.19. The molecule has 0 bridgehead atoms. The third-order valence-corrected chi connectivity index (χ3v) is 2.15. The third kappa shape index (κ3) is 1.48. The lowest BCUT2D eigenvalue weighted by atomic mass is 9.87. The topological polar surface area (TPSA) is 55.1 Å². The summed E-state index contributed by atoms with van der Waals surface area (Å²) in [6, 6.07) is 0. The Kier molecular flexibility index (Phi) is 2.27. The van der Waals surface area contributed by atoms with Gasteiger partial charge in [-0.1, -0.05) is 6.92 Å². The molecule has 58 valence electrons. The fourth-order valence-electron chi connectivity index (χ4n) is 1.44. The van der Waals surface area contributed by atoms with Crippen molar-refractivity contribution in [1.82, 2.24) is 5.32 Å². The predicted molar refractivity (Wildman–Crippen MR) is 39.3 cm³/mol. The molecular weight excluding hydrogens is 128 g/mol. The molecule has 0 spiro atoms. The number of carbonyl (C=O) groups is 1. The smallest absolute Gasteiger partial charge is 0.220 e. The van der Waals surface area contributed by atoms with Crippen LogP contribution >= 0.6 is 0 Å². The average molecular weight is 142 g/mol. The minimum atomic E-state index is -0.144. The van der Waals surface area contributed by atoms with Gasteiger partial charge in [0, 0.05) is 5.92 Å². The molecule has 0 saturated carbocycles. The quantitative estimate of drug-likeness (QED) is 0.529. The number of nitrogens with two attached hydrogens (primary N) is 1. The predicted octanol–water partition coefficient (Wildman–Crippen LogP) is -0.283. The van der Waals surface area contributed by atoms with E-state index in [4.69, 9.17) is 5.73 Å². The molecule has 3 N–H and O–H groups in total. The summed E-state index contributed by atoms with van der Waals surface area (Å²) >= 11 is 0. The lowest BCUT2D eigenvalue weighted by Gasteiger charge is -2.26. The summed E-state index contributed by atoms with van der Waals surface area (Å²) in [5, 5.41) is 3.21. The van der Waals surface area contributed by atoms with Crippen LogP contribution < -0.4 is 11.1 Å². The summed E-state index contributed by atoms with van der Waals surface area (Å²) in [6.07, 6.45) is 0.899. The number of carbonyl (C=O) groups excluding carboxylic acids is 1. The third-order valence-electron chi connectivity index (χ3n) is 2.15. The highest BCUT2D eigenvalue weighted by Gasteiger charge is 2.25. The number of hydrogen-bond acceptors (Lipinski definition) is 2. The zero-order valence-electron chi connectivity index (χ0n) is 6.26. The maximum Gasteiger partial charge on any atom is 0.220 e. The Morgan fingerprint density at radius 2 is 2.40 bits per heavy atom. The van der Waals surface area contributed by atoms with Crippen LogP contribution in [-0.2, 0) is 4.79 Å². The summed E-state index contributed by atoms with van der Waals surface area (Å²) in [6.45, 7) is 3.91. The Balaban J connectivity index is 2.47. The van der Waals surface area contributed by atoms with E-state index in [9.17, 15) is 4.79 Å². The molecule has 1 saturated heterocycles. The van der Waals surface area contributed by atoms with Gasteiger partial charge in [0.2, 0.25) is 5.91 Å². The van der Waals surface area contributed by atoms with E-state index in [1.54, 1.807) is 0 Å². The van der Waals surface area contributed by atoms with Crippen LogP contribution in [0.4, 0.5) is 0 Å². The van der Waals surface area contributed by atoms with Crippen molar-refractivity contribution in [3.63, 3.8) is 0 Å². The molecule has 3 nitrogen and oxygen atoms in total. The Labute approximate surface area is 61.0 Å². The molecule has 0 aromatic rings. The van der Waals surface area contributed by atoms with Crippen molar-refractivity contribution < 1.29 is 4.79 Å². The zero-order valence-corrected chi connectivity index (χ0v) is 6.26. The number of primary amides is 1. The van der Waals surface area contributed by atoms with E-state index >= 15 is 0 Å². The largest absolute Gasteiger partial charge is 0.369 e. The van der Waals surface area contributed by atoms with Gasteiger partial charge in [-0.3, -0.25) is 4.79 Å². The van der Waals surface area contributed by atoms with Crippen LogP contribution in [0.25, 0.3) is 0 Å². The zero-order chi connectivity index (χ0) is 7.56. The minimum Gasteiger partial charge on any atom is -0.369 e. The molecule has 0 aromatic heterocycles. The van der Waals surface area contributed by atoms with Crippen LogP contribution in [0.5, 0.6) is 0 Å². The van der Waals surface area contributed by atoms with Crippen molar-refractivity contribution in [2.75, 3.05) is 13.1 Å². The van der Waals surface area contributed by atoms with Gasteiger partial charge in [-0.2, -0.15) is 0 Å². The molecule has 3 heteroatoms. The maximum atomic E-state index is 10.8. The van der Waals surface area contributed by atoms with Gasteiger partial charge in [0.15, 0.2) is 0 Å². The van der Waals surface area contributed by atoms with Crippen LogP contribution in [0, 0.1) is 11.8 Å². The van der Waals surface area contributed by atoms with Crippen molar-refractivity contribution in [3.05, 3.63) is 0 Å². The van der Waals surface area contributed by atoms with Gasteiger partial charge in [0.25, 0.3) is 0 Å². The summed E-state index contributed by atoms with van der Waals surface area (Å²) in [5.74, 6) is 0.363. The molecule has 2 atom stereocenters. The monoisotopic (exact) mass is 142 g/mol. The Morgan fingerprint density at radius 1 is 1.70 bits per heavy atom. The first kappa shape index (κ1) is 7.54. The molecular formula is C7H14N2O. The fourth-order valence-corrected chi connectivity index (χ4v) is 1.44. The Bertz CT molecular complexity index is 136. The summed E-state index contributed by atoms with van der Waals surface area (Å²) < 4.78 is 0. The molecule has 0 unspecified atom stereocenters. The van der Waals surface area contributed by atoms with Gasteiger partial charge >= 0.3 is 0 Å². The van der Waals surface area contributed by atoms with Crippen molar-refractivity contribution >= 4 is 5.91 Å². The van der Waals surface area contributed by atoms with Crippen LogP contribution in [0.15, 0.2) is 0 Å². The van der Waals surface area contributed by atoms with Gasteiger partial charge in [0.1, 0.15) is 0 Å². The first-order valence-corrected chi connectivity index (χ1v) is 3.72. The fraction of sp³-hybridized carbons (Fsp3) is 0.857. The van der Waals surface area contributed by atoms with Crippen molar-refractivity contribution in [1.29, 1.82) is 0 Å².